The number of amides is 1. The Labute approximate surface area is 148 Å². The highest BCUT2D eigenvalue weighted by molar-refractivity contribution is 5.94. The molecule has 0 radical (unpaired) electrons. The maximum atomic E-state index is 12.8. The fourth-order valence-corrected chi connectivity index (χ4v) is 3.21. The topological polar surface area (TPSA) is 48.5 Å². The summed E-state index contributed by atoms with van der Waals surface area (Å²) in [5.41, 5.74) is 2.06. The fourth-order valence-electron chi connectivity index (χ4n) is 3.21. The average molecular weight is 336 g/mol. The fraction of sp³-hybridized carbons (Fsp3) is 0.400. The molecule has 1 N–H and O–H groups in total. The van der Waals surface area contributed by atoms with E-state index in [4.69, 9.17) is 0 Å². The van der Waals surface area contributed by atoms with Gasteiger partial charge in [-0.3, -0.25) is 9.69 Å². The van der Waals surface area contributed by atoms with Crippen molar-refractivity contribution in [2.75, 3.05) is 31.5 Å². The van der Waals surface area contributed by atoms with Crippen molar-refractivity contribution >= 4 is 11.7 Å². The van der Waals surface area contributed by atoms with E-state index in [1.807, 2.05) is 23.1 Å². The molecule has 1 saturated heterocycles. The molecular weight excluding hydrogens is 312 g/mol. The molecule has 5 heteroatoms. The third-order valence-electron chi connectivity index (χ3n) is 4.84. The van der Waals surface area contributed by atoms with E-state index in [9.17, 15) is 4.79 Å². The van der Waals surface area contributed by atoms with Crippen molar-refractivity contribution in [2.24, 2.45) is 0 Å². The predicted molar refractivity (Wildman–Crippen MR) is 98.5 cm³/mol. The quantitative estimate of drug-likeness (QED) is 0.912. The van der Waals surface area contributed by atoms with Crippen LogP contribution >= 0.6 is 0 Å². The number of carbonyl (C=O) groups excluding carboxylic acids is 1. The zero-order valence-corrected chi connectivity index (χ0v) is 14.4. The zero-order valence-electron chi connectivity index (χ0n) is 14.4. The number of benzene rings is 1. The van der Waals surface area contributed by atoms with Gasteiger partial charge in [0.15, 0.2) is 0 Å². The van der Waals surface area contributed by atoms with E-state index in [0.29, 0.717) is 6.04 Å². The van der Waals surface area contributed by atoms with Crippen LogP contribution < -0.4 is 5.32 Å². The molecule has 2 aromatic rings. The molecule has 2 aliphatic rings. The standard InChI is InChI=1S/C20H24N4O/c25-20(17-8-9-21-19(14-17)22-18-6-7-18)24-12-10-23(11-13-24)15-16-4-2-1-3-5-16/h1-5,8-9,14,18H,6-7,10-13,15H2,(H,21,22). The Morgan fingerprint density at radius 2 is 1.84 bits per heavy atom. The first-order valence-corrected chi connectivity index (χ1v) is 9.06. The normalized spacial score (nSPS) is 18.2. The van der Waals surface area contributed by atoms with Gasteiger partial charge in [0.1, 0.15) is 5.82 Å². The number of nitrogens with one attached hydrogen (secondary N) is 1. The molecular formula is C20H24N4O. The first-order chi connectivity index (χ1) is 12.3. The summed E-state index contributed by atoms with van der Waals surface area (Å²) in [6.45, 7) is 4.34. The number of aromatic nitrogens is 1. The van der Waals surface area contributed by atoms with Crippen LogP contribution in [0.1, 0.15) is 28.8 Å². The van der Waals surface area contributed by atoms with Gasteiger partial charge in [-0.25, -0.2) is 4.98 Å². The Kier molecular flexibility index (Phi) is 4.65. The number of anilines is 1. The molecule has 1 aliphatic heterocycles. The minimum atomic E-state index is 0.112. The molecule has 1 aliphatic carbocycles. The molecule has 2 fully saturated rings. The van der Waals surface area contributed by atoms with Crippen LogP contribution in [0.4, 0.5) is 5.82 Å². The predicted octanol–water partition coefficient (Wildman–Crippen LogP) is 2.61. The molecule has 1 saturated carbocycles. The van der Waals surface area contributed by atoms with E-state index in [0.717, 1.165) is 44.1 Å². The molecule has 0 bridgehead atoms. The summed E-state index contributed by atoms with van der Waals surface area (Å²) in [6.07, 6.45) is 4.12. The lowest BCUT2D eigenvalue weighted by Gasteiger charge is -2.34. The lowest BCUT2D eigenvalue weighted by Crippen LogP contribution is -2.48. The van der Waals surface area contributed by atoms with Gasteiger partial charge in [0.2, 0.25) is 0 Å². The van der Waals surface area contributed by atoms with E-state index < -0.39 is 0 Å². The highest BCUT2D eigenvalue weighted by atomic mass is 16.2. The van der Waals surface area contributed by atoms with Crippen LogP contribution in [0.5, 0.6) is 0 Å². The molecule has 1 aromatic heterocycles. The summed E-state index contributed by atoms with van der Waals surface area (Å²) in [5, 5.41) is 3.36. The van der Waals surface area contributed by atoms with Crippen LogP contribution in [0.15, 0.2) is 48.7 Å². The van der Waals surface area contributed by atoms with Gasteiger partial charge in [-0.15, -0.1) is 0 Å². The number of hydrogen-bond donors (Lipinski definition) is 1. The van der Waals surface area contributed by atoms with Crippen molar-refractivity contribution in [1.82, 2.24) is 14.8 Å². The average Bonchev–Trinajstić information content (AvgIpc) is 3.47. The van der Waals surface area contributed by atoms with Gasteiger partial charge in [0.25, 0.3) is 5.91 Å². The largest absolute Gasteiger partial charge is 0.367 e. The molecule has 25 heavy (non-hydrogen) atoms. The Hall–Kier alpha value is -2.40. The van der Waals surface area contributed by atoms with Crippen molar-refractivity contribution in [3.63, 3.8) is 0 Å². The van der Waals surface area contributed by atoms with Crippen LogP contribution in [0, 0.1) is 0 Å². The highest BCUT2D eigenvalue weighted by Gasteiger charge is 2.24. The number of rotatable bonds is 5. The Morgan fingerprint density at radius 3 is 2.56 bits per heavy atom. The van der Waals surface area contributed by atoms with Crippen molar-refractivity contribution in [1.29, 1.82) is 0 Å². The van der Waals surface area contributed by atoms with Gasteiger partial charge in [-0.05, 0) is 30.5 Å². The van der Waals surface area contributed by atoms with E-state index >= 15 is 0 Å². The zero-order chi connectivity index (χ0) is 17.1. The smallest absolute Gasteiger partial charge is 0.254 e. The van der Waals surface area contributed by atoms with E-state index in [1.165, 1.54) is 18.4 Å². The summed E-state index contributed by atoms with van der Waals surface area (Å²) < 4.78 is 0. The summed E-state index contributed by atoms with van der Waals surface area (Å²) in [4.78, 5) is 21.5. The van der Waals surface area contributed by atoms with Crippen LogP contribution in [0.3, 0.4) is 0 Å². The van der Waals surface area contributed by atoms with Crippen molar-refractivity contribution in [3.8, 4) is 0 Å². The molecule has 2 heterocycles. The summed E-state index contributed by atoms with van der Waals surface area (Å²) >= 11 is 0. The summed E-state index contributed by atoms with van der Waals surface area (Å²) in [5.74, 6) is 0.927. The Morgan fingerprint density at radius 1 is 1.08 bits per heavy atom. The minimum absolute atomic E-state index is 0.112. The van der Waals surface area contributed by atoms with Crippen molar-refractivity contribution < 1.29 is 4.79 Å². The van der Waals surface area contributed by atoms with E-state index in [-0.39, 0.29) is 5.91 Å². The summed E-state index contributed by atoms with van der Waals surface area (Å²) in [7, 11) is 0. The van der Waals surface area contributed by atoms with Crippen molar-refractivity contribution in [2.45, 2.75) is 25.4 Å². The molecule has 1 aromatic carbocycles. The van der Waals surface area contributed by atoms with E-state index in [2.05, 4.69) is 39.5 Å². The molecule has 0 atom stereocenters. The first kappa shape index (κ1) is 16.1. The third-order valence-corrected chi connectivity index (χ3v) is 4.84. The Balaban J connectivity index is 1.33. The summed E-state index contributed by atoms with van der Waals surface area (Å²) in [6, 6.07) is 14.7. The second-order valence-electron chi connectivity index (χ2n) is 6.90. The molecule has 0 unspecified atom stereocenters. The van der Waals surface area contributed by atoms with Crippen LogP contribution in [-0.2, 0) is 6.54 Å². The van der Waals surface area contributed by atoms with E-state index in [1.54, 1.807) is 6.20 Å². The molecule has 130 valence electrons. The number of piperazine rings is 1. The van der Waals surface area contributed by atoms with Gasteiger partial charge in [0, 0.05) is 50.5 Å². The maximum Gasteiger partial charge on any atom is 0.254 e. The lowest BCUT2D eigenvalue weighted by atomic mass is 10.1. The number of carbonyl (C=O) groups is 1. The van der Waals surface area contributed by atoms with Gasteiger partial charge < -0.3 is 10.2 Å². The highest BCUT2D eigenvalue weighted by Crippen LogP contribution is 2.24. The minimum Gasteiger partial charge on any atom is -0.367 e. The second-order valence-corrected chi connectivity index (χ2v) is 6.90. The maximum absolute atomic E-state index is 12.8. The third kappa shape index (κ3) is 4.17. The molecule has 1 amide bonds. The SMILES string of the molecule is O=C(c1ccnc(NC2CC2)c1)N1CCN(Cc2ccccc2)CC1. The monoisotopic (exact) mass is 336 g/mol. The van der Waals surface area contributed by atoms with Gasteiger partial charge in [-0.1, -0.05) is 30.3 Å². The first-order valence-electron chi connectivity index (χ1n) is 9.06. The molecule has 5 nitrogen and oxygen atoms in total. The molecule has 4 rings (SSSR count). The molecule has 0 spiro atoms. The number of nitrogens with zero attached hydrogens (tertiary/aromatic N) is 3. The Bertz CT molecular complexity index is 721. The number of pyridine rings is 1. The lowest BCUT2D eigenvalue weighted by molar-refractivity contribution is 0.0628. The van der Waals surface area contributed by atoms with Crippen LogP contribution in [0.25, 0.3) is 0 Å². The van der Waals surface area contributed by atoms with Gasteiger partial charge in [0.05, 0.1) is 0 Å². The van der Waals surface area contributed by atoms with Crippen molar-refractivity contribution in [3.05, 3.63) is 59.8 Å². The van der Waals surface area contributed by atoms with Crippen LogP contribution in [0.2, 0.25) is 0 Å². The van der Waals surface area contributed by atoms with Crippen LogP contribution in [-0.4, -0.2) is 52.9 Å². The second kappa shape index (κ2) is 7.23. The number of hydrogen-bond acceptors (Lipinski definition) is 4. The van der Waals surface area contributed by atoms with Gasteiger partial charge in [-0.2, -0.15) is 0 Å². The van der Waals surface area contributed by atoms with Gasteiger partial charge >= 0.3 is 0 Å².